The van der Waals surface area contributed by atoms with Crippen molar-refractivity contribution in [2.75, 3.05) is 11.1 Å². The van der Waals surface area contributed by atoms with Crippen LogP contribution in [0.4, 0.5) is 10.1 Å². The molecule has 1 aromatic heterocycles. The maximum atomic E-state index is 13.7. The third kappa shape index (κ3) is 4.81. The lowest BCUT2D eigenvalue weighted by atomic mass is 10.2. The molecule has 0 unspecified atom stereocenters. The van der Waals surface area contributed by atoms with Crippen molar-refractivity contribution in [2.45, 2.75) is 5.22 Å². The van der Waals surface area contributed by atoms with Gasteiger partial charge in [0.15, 0.2) is 0 Å². The Morgan fingerprint density at radius 1 is 1.24 bits per heavy atom. The van der Waals surface area contributed by atoms with E-state index in [0.29, 0.717) is 15.4 Å². The van der Waals surface area contributed by atoms with Crippen molar-refractivity contribution in [3.05, 3.63) is 57.8 Å². The first kappa shape index (κ1) is 17.9. The Morgan fingerprint density at radius 3 is 2.72 bits per heavy atom. The average Bonchev–Trinajstić information content (AvgIpc) is 3.05. The monoisotopic (exact) mass is 441 g/mol. The zero-order valence-electron chi connectivity index (χ0n) is 12.5. The lowest BCUT2D eigenvalue weighted by Crippen LogP contribution is -2.15. The predicted octanol–water partition coefficient (Wildman–Crippen LogP) is 5.02. The molecule has 0 aliphatic rings. The minimum absolute atomic E-state index is 0.0117. The Kier molecular flexibility index (Phi) is 5.72. The third-order valence-electron chi connectivity index (χ3n) is 3.03. The van der Waals surface area contributed by atoms with E-state index in [1.54, 1.807) is 30.3 Å². The van der Waals surface area contributed by atoms with Crippen LogP contribution in [0.15, 0.2) is 56.6 Å². The number of hydrogen-bond donors (Lipinski definition) is 1. The van der Waals surface area contributed by atoms with Crippen molar-refractivity contribution in [3.8, 4) is 11.5 Å². The van der Waals surface area contributed by atoms with Gasteiger partial charge in [-0.15, -0.1) is 10.2 Å². The number of nitrogens with one attached hydrogen (secondary N) is 1. The van der Waals surface area contributed by atoms with Crippen molar-refractivity contribution >= 4 is 50.9 Å². The van der Waals surface area contributed by atoms with Crippen LogP contribution >= 0.6 is 39.3 Å². The topological polar surface area (TPSA) is 68.0 Å². The van der Waals surface area contributed by atoms with Gasteiger partial charge in [-0.25, -0.2) is 4.39 Å². The molecule has 2 aromatic carbocycles. The van der Waals surface area contributed by atoms with Gasteiger partial charge in [0.2, 0.25) is 11.8 Å². The Morgan fingerprint density at radius 2 is 2.00 bits per heavy atom. The summed E-state index contributed by atoms with van der Waals surface area (Å²) in [5, 5.41) is 11.1. The third-order valence-corrected chi connectivity index (χ3v) is 4.59. The second-order valence-electron chi connectivity index (χ2n) is 4.84. The Balaban J connectivity index is 1.58. The van der Waals surface area contributed by atoms with Crippen LogP contribution < -0.4 is 5.32 Å². The van der Waals surface area contributed by atoms with Crippen molar-refractivity contribution in [3.63, 3.8) is 0 Å². The number of rotatable bonds is 5. The van der Waals surface area contributed by atoms with Gasteiger partial charge in [0.25, 0.3) is 5.22 Å². The summed E-state index contributed by atoms with van der Waals surface area (Å²) in [5.74, 6) is -0.552. The van der Waals surface area contributed by atoms with E-state index in [1.165, 1.54) is 12.1 Å². The highest BCUT2D eigenvalue weighted by molar-refractivity contribution is 9.10. The molecule has 1 amide bonds. The largest absolute Gasteiger partial charge is 0.411 e. The number of carbonyl (C=O) groups is 1. The number of benzene rings is 2. The van der Waals surface area contributed by atoms with E-state index in [2.05, 4.69) is 31.4 Å². The summed E-state index contributed by atoms with van der Waals surface area (Å²) < 4.78 is 19.8. The molecule has 0 radical (unpaired) electrons. The van der Waals surface area contributed by atoms with Crippen molar-refractivity contribution in [1.29, 1.82) is 0 Å². The molecule has 9 heteroatoms. The van der Waals surface area contributed by atoms with E-state index in [9.17, 15) is 9.18 Å². The maximum Gasteiger partial charge on any atom is 0.277 e. The molecule has 0 spiro atoms. The highest BCUT2D eigenvalue weighted by atomic mass is 79.9. The SMILES string of the molecule is O=C(CSc1nnc(-c2ccc(Cl)cc2)o1)Nc1ccc(Br)cc1F. The zero-order chi connectivity index (χ0) is 17.8. The first-order valence-electron chi connectivity index (χ1n) is 6.98. The second-order valence-corrected chi connectivity index (χ2v) is 7.12. The van der Waals surface area contributed by atoms with Crippen LogP contribution in [0.5, 0.6) is 0 Å². The summed E-state index contributed by atoms with van der Waals surface area (Å²) >= 11 is 10.1. The molecular formula is C16H10BrClFN3O2S. The van der Waals surface area contributed by atoms with Crippen LogP contribution in [0, 0.1) is 5.82 Å². The number of anilines is 1. The van der Waals surface area contributed by atoms with Gasteiger partial charge in [-0.2, -0.15) is 0 Å². The molecule has 25 heavy (non-hydrogen) atoms. The number of thioether (sulfide) groups is 1. The molecule has 0 saturated heterocycles. The van der Waals surface area contributed by atoms with Gasteiger partial charge >= 0.3 is 0 Å². The number of nitrogens with zero attached hydrogens (tertiary/aromatic N) is 2. The van der Waals surface area contributed by atoms with E-state index in [0.717, 1.165) is 17.3 Å². The van der Waals surface area contributed by atoms with Gasteiger partial charge in [0.05, 0.1) is 11.4 Å². The summed E-state index contributed by atoms with van der Waals surface area (Å²) in [6.07, 6.45) is 0. The fraction of sp³-hybridized carbons (Fsp3) is 0.0625. The molecule has 0 fully saturated rings. The molecule has 3 rings (SSSR count). The number of amides is 1. The van der Waals surface area contributed by atoms with Gasteiger partial charge < -0.3 is 9.73 Å². The van der Waals surface area contributed by atoms with Crippen LogP contribution in [0.3, 0.4) is 0 Å². The second kappa shape index (κ2) is 7.99. The molecule has 3 aromatic rings. The molecule has 0 bridgehead atoms. The summed E-state index contributed by atoms with van der Waals surface area (Å²) in [5.41, 5.74) is 0.839. The summed E-state index contributed by atoms with van der Waals surface area (Å²) in [6, 6.07) is 11.3. The highest BCUT2D eigenvalue weighted by Gasteiger charge is 2.12. The first-order valence-corrected chi connectivity index (χ1v) is 9.14. The molecule has 0 saturated carbocycles. The summed E-state index contributed by atoms with van der Waals surface area (Å²) in [6.45, 7) is 0. The lowest BCUT2D eigenvalue weighted by Gasteiger charge is -2.05. The van der Waals surface area contributed by atoms with Crippen LogP contribution in [0.25, 0.3) is 11.5 Å². The van der Waals surface area contributed by atoms with E-state index in [1.807, 2.05) is 0 Å². The van der Waals surface area contributed by atoms with Crippen LogP contribution in [0.1, 0.15) is 0 Å². The fourth-order valence-electron chi connectivity index (χ4n) is 1.88. The average molecular weight is 443 g/mol. The highest BCUT2D eigenvalue weighted by Crippen LogP contribution is 2.25. The van der Waals surface area contributed by atoms with Crippen molar-refractivity contribution in [1.82, 2.24) is 10.2 Å². The van der Waals surface area contributed by atoms with Gasteiger partial charge in [0, 0.05) is 15.1 Å². The molecule has 0 aliphatic carbocycles. The van der Waals surface area contributed by atoms with Gasteiger partial charge in [0.1, 0.15) is 5.82 Å². The molecular weight excluding hydrogens is 433 g/mol. The van der Waals surface area contributed by atoms with Gasteiger partial charge in [-0.05, 0) is 42.5 Å². The molecule has 0 aliphatic heterocycles. The molecule has 0 atom stereocenters. The quantitative estimate of drug-likeness (QED) is 0.562. The Labute approximate surface area is 160 Å². The Hall–Kier alpha value is -1.90. The molecule has 1 N–H and O–H groups in total. The number of hydrogen-bond acceptors (Lipinski definition) is 5. The zero-order valence-corrected chi connectivity index (χ0v) is 15.7. The minimum Gasteiger partial charge on any atom is -0.411 e. The molecule has 5 nitrogen and oxygen atoms in total. The van der Waals surface area contributed by atoms with Crippen LogP contribution in [-0.2, 0) is 4.79 Å². The van der Waals surface area contributed by atoms with Crippen LogP contribution in [-0.4, -0.2) is 21.9 Å². The Bertz CT molecular complexity index is 905. The van der Waals surface area contributed by atoms with Gasteiger partial charge in [-0.3, -0.25) is 4.79 Å². The summed E-state index contributed by atoms with van der Waals surface area (Å²) in [7, 11) is 0. The first-order chi connectivity index (χ1) is 12.0. The molecule has 128 valence electrons. The smallest absolute Gasteiger partial charge is 0.277 e. The number of halogens is 3. The standard InChI is InChI=1S/C16H10BrClFN3O2S/c17-10-3-6-13(12(19)7-10)20-14(23)8-25-16-22-21-15(24-16)9-1-4-11(18)5-2-9/h1-7H,8H2,(H,20,23). The minimum atomic E-state index is -0.518. The van der Waals surface area contributed by atoms with E-state index in [-0.39, 0.29) is 22.6 Å². The van der Waals surface area contributed by atoms with Crippen molar-refractivity contribution in [2.24, 2.45) is 0 Å². The fourth-order valence-corrected chi connectivity index (χ4v) is 2.90. The molecule has 1 heterocycles. The maximum absolute atomic E-state index is 13.7. The summed E-state index contributed by atoms with van der Waals surface area (Å²) in [4.78, 5) is 11.9. The van der Waals surface area contributed by atoms with E-state index >= 15 is 0 Å². The van der Waals surface area contributed by atoms with Gasteiger partial charge in [-0.1, -0.05) is 39.3 Å². The normalized spacial score (nSPS) is 10.7. The van der Waals surface area contributed by atoms with E-state index < -0.39 is 5.82 Å². The number of aromatic nitrogens is 2. The predicted molar refractivity (Wildman–Crippen MR) is 98.2 cm³/mol. The van der Waals surface area contributed by atoms with E-state index in [4.69, 9.17) is 16.0 Å². The van der Waals surface area contributed by atoms with Crippen molar-refractivity contribution < 1.29 is 13.6 Å². The lowest BCUT2D eigenvalue weighted by molar-refractivity contribution is -0.113. The number of carbonyl (C=O) groups excluding carboxylic acids is 1. The van der Waals surface area contributed by atoms with Crippen LogP contribution in [0.2, 0.25) is 5.02 Å².